The van der Waals surface area contributed by atoms with Crippen molar-refractivity contribution in [2.24, 2.45) is 5.11 Å². The first-order valence-corrected chi connectivity index (χ1v) is 4.62. The van der Waals surface area contributed by atoms with Crippen molar-refractivity contribution in [3.63, 3.8) is 0 Å². The Labute approximate surface area is 88.8 Å². The van der Waals surface area contributed by atoms with Crippen molar-refractivity contribution in [1.82, 2.24) is 0 Å². The number of hydrogen-bond acceptors (Lipinski definition) is 3. The second kappa shape index (κ2) is 4.85. The number of phenols is 1. The third-order valence-electron chi connectivity index (χ3n) is 1.74. The van der Waals surface area contributed by atoms with E-state index in [4.69, 9.17) is 10.6 Å². The normalized spacial score (nSPS) is 11.9. The van der Waals surface area contributed by atoms with Crippen LogP contribution in [0.5, 0.6) is 5.75 Å². The van der Waals surface area contributed by atoms with E-state index in [1.165, 1.54) is 0 Å². The number of nitrogens with zero attached hydrogens (tertiary/aromatic N) is 3. The summed E-state index contributed by atoms with van der Waals surface area (Å²) in [5, 5.41) is 21.9. The van der Waals surface area contributed by atoms with Crippen molar-refractivity contribution in [2.45, 2.75) is 6.04 Å². The largest absolute Gasteiger partial charge is 0.506 e. The molecule has 0 amide bonds. The Morgan fingerprint density at radius 1 is 1.57 bits per heavy atom. The highest BCUT2D eigenvalue weighted by atomic mass is 79.9. The van der Waals surface area contributed by atoms with E-state index >= 15 is 0 Å². The fourth-order valence-corrected chi connectivity index (χ4v) is 1.44. The summed E-state index contributed by atoms with van der Waals surface area (Å²) >= 11 is 3.13. The Balaban J connectivity index is 3.16. The standard InChI is InChI=1S/C8H8BrN3O2/c9-6-3-1-2-5(8(6)14)7(4-13)11-12-10/h1-3,7,13-14H,4H2. The van der Waals surface area contributed by atoms with Gasteiger partial charge in [0.2, 0.25) is 0 Å². The van der Waals surface area contributed by atoms with Gasteiger partial charge in [-0.25, -0.2) is 0 Å². The average Bonchev–Trinajstić information content (AvgIpc) is 2.19. The molecule has 1 aromatic rings. The lowest BCUT2D eigenvalue weighted by atomic mass is 10.1. The highest BCUT2D eigenvalue weighted by Crippen LogP contribution is 2.33. The van der Waals surface area contributed by atoms with Gasteiger partial charge in [-0.2, -0.15) is 0 Å². The SMILES string of the molecule is [N-]=[N+]=NC(CO)c1cccc(Br)c1O. The molecule has 5 nitrogen and oxygen atoms in total. The molecule has 0 fully saturated rings. The van der Waals surface area contributed by atoms with Gasteiger partial charge in [0.25, 0.3) is 0 Å². The van der Waals surface area contributed by atoms with Crippen LogP contribution in [-0.4, -0.2) is 16.8 Å². The zero-order chi connectivity index (χ0) is 10.6. The summed E-state index contributed by atoms with van der Waals surface area (Å²) in [4.78, 5) is 2.59. The Kier molecular flexibility index (Phi) is 3.76. The topological polar surface area (TPSA) is 89.2 Å². The molecule has 0 heterocycles. The van der Waals surface area contributed by atoms with Crippen molar-refractivity contribution in [2.75, 3.05) is 6.61 Å². The lowest BCUT2D eigenvalue weighted by molar-refractivity contribution is 0.265. The molecule has 14 heavy (non-hydrogen) atoms. The minimum absolute atomic E-state index is 0.0149. The minimum atomic E-state index is -0.752. The number of aliphatic hydroxyl groups excluding tert-OH is 1. The van der Waals surface area contributed by atoms with Crippen LogP contribution in [-0.2, 0) is 0 Å². The van der Waals surface area contributed by atoms with Crippen LogP contribution in [0, 0.1) is 0 Å². The van der Waals surface area contributed by atoms with Gasteiger partial charge in [0.1, 0.15) is 5.75 Å². The number of rotatable bonds is 3. The van der Waals surface area contributed by atoms with E-state index in [0.717, 1.165) is 0 Å². The Hall–Kier alpha value is -1.23. The molecule has 0 saturated carbocycles. The van der Waals surface area contributed by atoms with Crippen LogP contribution in [0.2, 0.25) is 0 Å². The summed E-state index contributed by atoms with van der Waals surface area (Å²) in [7, 11) is 0. The maximum atomic E-state index is 9.58. The quantitative estimate of drug-likeness (QED) is 0.495. The second-order valence-electron chi connectivity index (χ2n) is 2.58. The van der Waals surface area contributed by atoms with E-state index in [-0.39, 0.29) is 12.4 Å². The molecule has 74 valence electrons. The molecule has 0 aromatic heterocycles. The van der Waals surface area contributed by atoms with Crippen molar-refractivity contribution < 1.29 is 10.2 Å². The summed E-state index contributed by atoms with van der Waals surface area (Å²) in [6.45, 7) is -0.339. The van der Waals surface area contributed by atoms with Crippen LogP contribution in [0.3, 0.4) is 0 Å². The number of para-hydroxylation sites is 1. The van der Waals surface area contributed by atoms with Gasteiger partial charge in [0, 0.05) is 10.5 Å². The number of halogens is 1. The van der Waals surface area contributed by atoms with Crippen LogP contribution in [0.25, 0.3) is 10.4 Å². The number of aliphatic hydroxyl groups is 1. The van der Waals surface area contributed by atoms with Gasteiger partial charge in [-0.05, 0) is 27.5 Å². The van der Waals surface area contributed by atoms with E-state index in [0.29, 0.717) is 10.0 Å². The van der Waals surface area contributed by atoms with Crippen molar-refractivity contribution in [3.8, 4) is 5.75 Å². The zero-order valence-corrected chi connectivity index (χ0v) is 8.72. The lowest BCUT2D eigenvalue weighted by Crippen LogP contribution is -2.00. The van der Waals surface area contributed by atoms with Crippen LogP contribution in [0.15, 0.2) is 27.8 Å². The fraction of sp³-hybridized carbons (Fsp3) is 0.250. The third kappa shape index (κ3) is 2.17. The fourth-order valence-electron chi connectivity index (χ4n) is 1.06. The highest BCUT2D eigenvalue weighted by Gasteiger charge is 2.14. The molecule has 6 heteroatoms. The molecular weight excluding hydrogens is 250 g/mol. The molecule has 1 atom stereocenters. The smallest absolute Gasteiger partial charge is 0.133 e. The lowest BCUT2D eigenvalue weighted by Gasteiger charge is -2.10. The molecule has 1 aromatic carbocycles. The second-order valence-corrected chi connectivity index (χ2v) is 3.44. The first-order chi connectivity index (χ1) is 6.70. The zero-order valence-electron chi connectivity index (χ0n) is 7.13. The van der Waals surface area contributed by atoms with Crippen LogP contribution in [0.1, 0.15) is 11.6 Å². The summed E-state index contributed by atoms with van der Waals surface area (Å²) < 4.78 is 0.501. The monoisotopic (exact) mass is 257 g/mol. The van der Waals surface area contributed by atoms with Crippen molar-refractivity contribution in [3.05, 3.63) is 38.7 Å². The predicted octanol–water partition coefficient (Wildman–Crippen LogP) is 2.50. The number of benzene rings is 1. The number of aromatic hydroxyl groups is 1. The first kappa shape index (κ1) is 10.8. The molecule has 0 aliphatic heterocycles. The maximum absolute atomic E-state index is 9.58. The summed E-state index contributed by atoms with van der Waals surface area (Å²) in [5.74, 6) is -0.0149. The summed E-state index contributed by atoms with van der Waals surface area (Å²) in [6.07, 6.45) is 0. The molecular formula is C8H8BrN3O2. The number of hydrogen-bond donors (Lipinski definition) is 2. The first-order valence-electron chi connectivity index (χ1n) is 3.83. The Morgan fingerprint density at radius 3 is 2.86 bits per heavy atom. The van der Waals surface area contributed by atoms with E-state index in [2.05, 4.69) is 26.0 Å². The molecule has 1 rings (SSSR count). The average molecular weight is 258 g/mol. The van der Waals surface area contributed by atoms with E-state index in [1.807, 2.05) is 0 Å². The summed E-state index contributed by atoms with van der Waals surface area (Å²) in [6, 6.07) is 4.19. The van der Waals surface area contributed by atoms with Crippen molar-refractivity contribution >= 4 is 15.9 Å². The van der Waals surface area contributed by atoms with Crippen LogP contribution >= 0.6 is 15.9 Å². The number of phenolic OH excluding ortho intramolecular Hbond substituents is 1. The number of azide groups is 1. The molecule has 0 aliphatic carbocycles. The van der Waals surface area contributed by atoms with Gasteiger partial charge >= 0.3 is 0 Å². The molecule has 0 spiro atoms. The Morgan fingerprint density at radius 2 is 2.29 bits per heavy atom. The predicted molar refractivity (Wildman–Crippen MR) is 54.8 cm³/mol. The van der Waals surface area contributed by atoms with Gasteiger partial charge in [0.15, 0.2) is 0 Å². The molecule has 0 radical (unpaired) electrons. The molecule has 2 N–H and O–H groups in total. The van der Waals surface area contributed by atoms with E-state index < -0.39 is 6.04 Å². The van der Waals surface area contributed by atoms with Gasteiger partial charge in [-0.1, -0.05) is 17.2 Å². The summed E-state index contributed by atoms with van der Waals surface area (Å²) in [5.41, 5.74) is 8.65. The van der Waals surface area contributed by atoms with Gasteiger partial charge in [-0.15, -0.1) is 0 Å². The third-order valence-corrected chi connectivity index (χ3v) is 2.38. The van der Waals surface area contributed by atoms with Gasteiger partial charge in [-0.3, -0.25) is 0 Å². The van der Waals surface area contributed by atoms with Crippen LogP contribution < -0.4 is 0 Å². The van der Waals surface area contributed by atoms with Gasteiger partial charge in [0.05, 0.1) is 17.1 Å². The van der Waals surface area contributed by atoms with Gasteiger partial charge < -0.3 is 10.2 Å². The van der Waals surface area contributed by atoms with E-state index in [1.54, 1.807) is 18.2 Å². The highest BCUT2D eigenvalue weighted by molar-refractivity contribution is 9.10. The van der Waals surface area contributed by atoms with Crippen molar-refractivity contribution in [1.29, 1.82) is 0 Å². The molecule has 1 unspecified atom stereocenters. The molecule has 0 saturated heterocycles. The minimum Gasteiger partial charge on any atom is -0.506 e. The maximum Gasteiger partial charge on any atom is 0.133 e. The Bertz CT molecular complexity index is 377. The molecule has 0 aliphatic rings. The molecule has 0 bridgehead atoms. The van der Waals surface area contributed by atoms with Crippen LogP contribution in [0.4, 0.5) is 0 Å². The van der Waals surface area contributed by atoms with E-state index in [9.17, 15) is 5.11 Å².